The van der Waals surface area contributed by atoms with Crippen LogP contribution >= 0.6 is 0 Å². The summed E-state index contributed by atoms with van der Waals surface area (Å²) in [6.07, 6.45) is 33.3. The molecular weight excluding hydrogens is 392 g/mol. The number of hydrogen-bond donors (Lipinski definition) is 0. The monoisotopic (exact) mass is 428 g/mol. The average molecular weight is 429 g/mol. The molecule has 0 rings (SSSR count). The summed E-state index contributed by atoms with van der Waals surface area (Å²) in [4.78, 5) is 0. The van der Waals surface area contributed by atoms with Crippen LogP contribution in [-0.2, 0) is 0 Å². The van der Waals surface area contributed by atoms with E-state index in [1.54, 1.807) is 26.0 Å². The molecule has 0 unspecified atom stereocenters. The summed E-state index contributed by atoms with van der Waals surface area (Å²) in [5, 5.41) is 21.1. The molecule has 0 aromatic heterocycles. The van der Waals surface area contributed by atoms with Crippen LogP contribution in [-0.4, -0.2) is 0 Å². The van der Waals surface area contributed by atoms with Crippen molar-refractivity contribution < 1.29 is 10.2 Å². The molecule has 0 aliphatic carbocycles. The smallest absolute Gasteiger partial charge is 0.0398 e. The molecule has 0 aromatic rings. The van der Waals surface area contributed by atoms with E-state index in [1.807, 2.05) is 74.6 Å². The van der Waals surface area contributed by atoms with Crippen LogP contribution in [0.3, 0.4) is 0 Å². The predicted molar refractivity (Wildman–Crippen MR) is 137 cm³/mol. The van der Waals surface area contributed by atoms with Crippen molar-refractivity contribution in [1.29, 1.82) is 0 Å². The van der Waals surface area contributed by atoms with Gasteiger partial charge in [0.1, 0.15) is 0 Å². The van der Waals surface area contributed by atoms with Gasteiger partial charge >= 0.3 is 0 Å². The molecular formula is C30H36O2-2. The quantitative estimate of drug-likeness (QED) is 0.274. The lowest BCUT2D eigenvalue weighted by Crippen LogP contribution is -1.87. The summed E-state index contributed by atoms with van der Waals surface area (Å²) < 4.78 is 0. The van der Waals surface area contributed by atoms with Crippen molar-refractivity contribution in [2.45, 2.75) is 41.5 Å². The second-order valence-corrected chi connectivity index (χ2v) is 7.52. The van der Waals surface area contributed by atoms with Gasteiger partial charge in [-0.05, 0) is 41.5 Å². The Labute approximate surface area is 195 Å². The third-order valence-corrected chi connectivity index (χ3v) is 4.07. The van der Waals surface area contributed by atoms with E-state index in [0.717, 1.165) is 34.8 Å². The lowest BCUT2D eigenvalue weighted by atomic mass is 10.2. The van der Waals surface area contributed by atoms with Gasteiger partial charge in [0.2, 0.25) is 0 Å². The van der Waals surface area contributed by atoms with Crippen LogP contribution in [0.4, 0.5) is 0 Å². The van der Waals surface area contributed by atoms with Gasteiger partial charge in [-0.15, -0.1) is 12.5 Å². The van der Waals surface area contributed by atoms with Crippen molar-refractivity contribution in [2.75, 3.05) is 0 Å². The molecule has 0 radical (unpaired) electrons. The zero-order chi connectivity index (χ0) is 24.2. The molecule has 0 heterocycles. The van der Waals surface area contributed by atoms with E-state index in [9.17, 15) is 10.2 Å². The highest BCUT2D eigenvalue weighted by Crippen LogP contribution is 2.03. The normalized spacial score (nSPS) is 16.4. The molecule has 0 saturated heterocycles. The van der Waals surface area contributed by atoms with Crippen molar-refractivity contribution in [1.82, 2.24) is 0 Å². The third-order valence-electron chi connectivity index (χ3n) is 4.07. The molecule has 0 fully saturated rings. The Morgan fingerprint density at radius 2 is 0.562 bits per heavy atom. The van der Waals surface area contributed by atoms with Gasteiger partial charge < -0.3 is 10.2 Å². The average Bonchev–Trinajstić information content (AvgIpc) is 2.76. The van der Waals surface area contributed by atoms with E-state index >= 15 is 0 Å². The van der Waals surface area contributed by atoms with E-state index < -0.39 is 0 Å². The SMILES string of the molecule is CC(/C=C/C=C(C)/C=C/C=C(C)/C=C/C=C/C(C)=C/C=C/C(C)=C/C=C/C(C)=C/[O-])=C\[O-]. The van der Waals surface area contributed by atoms with Crippen LogP contribution in [0.15, 0.2) is 143 Å². The Morgan fingerprint density at radius 1 is 0.344 bits per heavy atom. The van der Waals surface area contributed by atoms with Crippen molar-refractivity contribution in [3.05, 3.63) is 143 Å². The van der Waals surface area contributed by atoms with Crippen molar-refractivity contribution in [2.24, 2.45) is 0 Å². The summed E-state index contributed by atoms with van der Waals surface area (Å²) >= 11 is 0. The van der Waals surface area contributed by atoms with Crippen LogP contribution in [0, 0.1) is 0 Å². The minimum Gasteiger partial charge on any atom is -0.878 e. The highest BCUT2D eigenvalue weighted by Gasteiger charge is 1.82. The van der Waals surface area contributed by atoms with Gasteiger partial charge in [0.05, 0.1) is 0 Å². The summed E-state index contributed by atoms with van der Waals surface area (Å²) in [5.41, 5.74) is 5.92. The molecule has 0 amide bonds. The summed E-state index contributed by atoms with van der Waals surface area (Å²) in [6, 6.07) is 0. The fraction of sp³-hybridized carbons (Fsp3) is 0.200. The molecule has 0 aliphatic rings. The van der Waals surface area contributed by atoms with Gasteiger partial charge in [-0.3, -0.25) is 0 Å². The molecule has 0 atom stereocenters. The fourth-order valence-electron chi connectivity index (χ4n) is 2.12. The Bertz CT molecular complexity index is 853. The van der Waals surface area contributed by atoms with Gasteiger partial charge in [-0.25, -0.2) is 0 Å². The van der Waals surface area contributed by atoms with Crippen LogP contribution in [0.5, 0.6) is 0 Å². The van der Waals surface area contributed by atoms with Crippen molar-refractivity contribution in [3.8, 4) is 0 Å². The summed E-state index contributed by atoms with van der Waals surface area (Å²) in [7, 11) is 0. The predicted octanol–water partition coefficient (Wildman–Crippen LogP) is 6.64. The zero-order valence-corrected chi connectivity index (χ0v) is 20.2. The first-order chi connectivity index (χ1) is 15.3. The van der Waals surface area contributed by atoms with E-state index in [1.165, 1.54) is 0 Å². The van der Waals surface area contributed by atoms with Crippen LogP contribution in [0.25, 0.3) is 0 Å². The number of rotatable bonds is 11. The molecule has 0 N–H and O–H groups in total. The minimum absolute atomic E-state index is 0.703. The summed E-state index contributed by atoms with van der Waals surface area (Å²) in [6.45, 7) is 11.7. The minimum atomic E-state index is 0.703. The molecule has 0 aromatic carbocycles. The van der Waals surface area contributed by atoms with Crippen LogP contribution in [0.2, 0.25) is 0 Å². The molecule has 0 spiro atoms. The van der Waals surface area contributed by atoms with Gasteiger partial charge in [0.15, 0.2) is 0 Å². The van der Waals surface area contributed by atoms with E-state index in [-0.39, 0.29) is 0 Å². The van der Waals surface area contributed by atoms with Crippen LogP contribution < -0.4 is 10.2 Å². The topological polar surface area (TPSA) is 46.1 Å². The summed E-state index contributed by atoms with van der Waals surface area (Å²) in [5.74, 6) is 0. The lowest BCUT2D eigenvalue weighted by Gasteiger charge is -1.94. The van der Waals surface area contributed by atoms with Gasteiger partial charge in [0.25, 0.3) is 0 Å². The largest absolute Gasteiger partial charge is 0.878 e. The molecule has 0 aliphatic heterocycles. The second kappa shape index (κ2) is 18.3. The van der Waals surface area contributed by atoms with Gasteiger partial charge in [0, 0.05) is 0 Å². The maximum absolute atomic E-state index is 10.5. The third kappa shape index (κ3) is 17.3. The standard InChI is InChI=1S/C30H38O2/c1-25(15-9-17-27(3)19-11-21-29(5)23-31)13-7-8-14-26(2)16-10-18-28(4)20-12-22-30(6)24-32/h7-24,31-32H,1-6H3/p-2/b13-7+,14-8+,17-9+,18-10+,21-11+,22-12+,25-15+,26-16+,27-19+,28-20+,29-23+,30-24+. The number of allylic oxidation sites excluding steroid dienone is 22. The first kappa shape index (κ1) is 28.5. The molecule has 0 saturated carbocycles. The van der Waals surface area contributed by atoms with Gasteiger partial charge in [-0.2, -0.15) is 0 Å². The highest BCUT2D eigenvalue weighted by atomic mass is 16.2. The maximum atomic E-state index is 10.5. The Morgan fingerprint density at radius 3 is 0.812 bits per heavy atom. The maximum Gasteiger partial charge on any atom is -0.0398 e. The van der Waals surface area contributed by atoms with Crippen molar-refractivity contribution >= 4 is 0 Å². The molecule has 170 valence electrons. The molecule has 0 bridgehead atoms. The first-order valence-electron chi connectivity index (χ1n) is 10.6. The Hall–Kier alpha value is -3.52. The van der Waals surface area contributed by atoms with E-state index in [0.29, 0.717) is 11.1 Å². The Balaban J connectivity index is 4.68. The highest BCUT2D eigenvalue weighted by molar-refractivity contribution is 5.33. The zero-order valence-electron chi connectivity index (χ0n) is 20.2. The molecule has 2 nitrogen and oxygen atoms in total. The number of hydrogen-bond acceptors (Lipinski definition) is 2. The van der Waals surface area contributed by atoms with Crippen molar-refractivity contribution in [3.63, 3.8) is 0 Å². The van der Waals surface area contributed by atoms with E-state index in [2.05, 4.69) is 38.2 Å². The second-order valence-electron chi connectivity index (χ2n) is 7.52. The van der Waals surface area contributed by atoms with Crippen LogP contribution in [0.1, 0.15) is 41.5 Å². The lowest BCUT2D eigenvalue weighted by molar-refractivity contribution is -0.276. The first-order valence-corrected chi connectivity index (χ1v) is 10.6. The fourth-order valence-corrected chi connectivity index (χ4v) is 2.12. The van der Waals surface area contributed by atoms with E-state index in [4.69, 9.17) is 0 Å². The van der Waals surface area contributed by atoms with Gasteiger partial charge in [-0.1, -0.05) is 131 Å². The molecule has 32 heavy (non-hydrogen) atoms. The molecule has 2 heteroatoms. The Kier molecular flexibility index (Phi) is 16.3.